The number of H-pyrrole nitrogens is 1. The van der Waals surface area contributed by atoms with Crippen molar-refractivity contribution >= 4 is 5.91 Å². The normalized spacial score (nSPS) is 15.3. The predicted molar refractivity (Wildman–Crippen MR) is 96.6 cm³/mol. The first kappa shape index (κ1) is 17.4. The van der Waals surface area contributed by atoms with Crippen LogP contribution in [0.5, 0.6) is 0 Å². The Morgan fingerprint density at radius 1 is 1.00 bits per heavy atom. The van der Waals surface area contributed by atoms with E-state index in [2.05, 4.69) is 39.4 Å². The van der Waals surface area contributed by atoms with Gasteiger partial charge in [-0.15, -0.1) is 0 Å². The number of hydrogen-bond donors (Lipinski definition) is 1. The van der Waals surface area contributed by atoms with Gasteiger partial charge in [0.05, 0.1) is 0 Å². The van der Waals surface area contributed by atoms with Crippen LogP contribution in [0.15, 0.2) is 47.3 Å². The van der Waals surface area contributed by atoms with Crippen molar-refractivity contribution in [3.8, 4) is 0 Å². The third-order valence-corrected chi connectivity index (χ3v) is 4.59. The first-order valence-corrected chi connectivity index (χ1v) is 8.84. The summed E-state index contributed by atoms with van der Waals surface area (Å²) in [6.45, 7) is 4.27. The van der Waals surface area contributed by atoms with Crippen LogP contribution in [0.25, 0.3) is 0 Å². The monoisotopic (exact) mass is 340 g/mol. The second-order valence-electron chi connectivity index (χ2n) is 6.38. The number of hydrogen-bond acceptors (Lipinski definition) is 4. The van der Waals surface area contributed by atoms with E-state index in [1.165, 1.54) is 30.5 Å². The average Bonchev–Trinajstić information content (AvgIpc) is 2.67. The average molecular weight is 340 g/mol. The smallest absolute Gasteiger partial charge is 0.274 e. The van der Waals surface area contributed by atoms with E-state index in [1.54, 1.807) is 4.90 Å². The molecule has 6 heteroatoms. The molecule has 25 heavy (non-hydrogen) atoms. The molecule has 1 aliphatic rings. The van der Waals surface area contributed by atoms with Crippen molar-refractivity contribution in [3.63, 3.8) is 0 Å². The lowest BCUT2D eigenvalue weighted by Gasteiger charge is -2.34. The maximum absolute atomic E-state index is 12.4. The third kappa shape index (κ3) is 5.00. The van der Waals surface area contributed by atoms with E-state index in [0.717, 1.165) is 26.1 Å². The number of amides is 1. The number of aromatic amines is 1. The Morgan fingerprint density at radius 2 is 1.76 bits per heavy atom. The number of nitrogens with one attached hydrogen (secondary N) is 1. The molecule has 0 atom stereocenters. The van der Waals surface area contributed by atoms with Crippen molar-refractivity contribution in [1.82, 2.24) is 20.0 Å². The largest absolute Gasteiger partial charge is 0.335 e. The molecule has 0 aliphatic carbocycles. The maximum Gasteiger partial charge on any atom is 0.274 e. The third-order valence-electron chi connectivity index (χ3n) is 4.59. The molecule has 1 fully saturated rings. The Balaban J connectivity index is 1.37. The van der Waals surface area contributed by atoms with Gasteiger partial charge in [-0.1, -0.05) is 30.3 Å². The number of aromatic nitrogens is 2. The van der Waals surface area contributed by atoms with Crippen LogP contribution in [0.2, 0.25) is 0 Å². The molecule has 1 aliphatic heterocycles. The van der Waals surface area contributed by atoms with E-state index in [-0.39, 0.29) is 11.5 Å². The van der Waals surface area contributed by atoms with Crippen LogP contribution < -0.4 is 5.56 Å². The number of unbranched alkanes of at least 4 members (excludes halogenated alkanes) is 1. The Bertz CT molecular complexity index is 716. The Kier molecular flexibility index (Phi) is 5.95. The molecule has 1 aromatic heterocycles. The van der Waals surface area contributed by atoms with Crippen molar-refractivity contribution in [2.75, 3.05) is 32.7 Å². The number of carbonyl (C=O) groups excluding carboxylic acids is 1. The zero-order valence-corrected chi connectivity index (χ0v) is 14.4. The molecule has 0 spiro atoms. The lowest BCUT2D eigenvalue weighted by molar-refractivity contribution is 0.0628. The molecule has 0 radical (unpaired) electrons. The molecular weight excluding hydrogens is 316 g/mol. The van der Waals surface area contributed by atoms with E-state index in [1.807, 2.05) is 6.07 Å². The van der Waals surface area contributed by atoms with Gasteiger partial charge >= 0.3 is 0 Å². The number of rotatable bonds is 6. The minimum absolute atomic E-state index is 0.111. The van der Waals surface area contributed by atoms with Gasteiger partial charge in [0.15, 0.2) is 0 Å². The van der Waals surface area contributed by atoms with E-state index < -0.39 is 0 Å². The molecule has 0 bridgehead atoms. The van der Waals surface area contributed by atoms with E-state index in [9.17, 15) is 9.59 Å². The van der Waals surface area contributed by atoms with Crippen molar-refractivity contribution in [1.29, 1.82) is 0 Å². The van der Waals surface area contributed by atoms with Gasteiger partial charge in [-0.2, -0.15) is 5.10 Å². The van der Waals surface area contributed by atoms with E-state index in [4.69, 9.17) is 0 Å². The number of nitrogens with zero attached hydrogens (tertiary/aromatic N) is 3. The molecule has 0 unspecified atom stereocenters. The quantitative estimate of drug-likeness (QED) is 0.810. The van der Waals surface area contributed by atoms with Gasteiger partial charge in [0.25, 0.3) is 11.5 Å². The van der Waals surface area contributed by atoms with Crippen LogP contribution >= 0.6 is 0 Å². The molecule has 1 amide bonds. The zero-order valence-electron chi connectivity index (χ0n) is 14.4. The SMILES string of the molecule is O=C(c1ccc(=O)[nH]n1)N1CCN(CCCCc2ccccc2)CC1. The van der Waals surface area contributed by atoms with Crippen LogP contribution in [0.3, 0.4) is 0 Å². The summed E-state index contributed by atoms with van der Waals surface area (Å²) in [5, 5.41) is 6.13. The van der Waals surface area contributed by atoms with Gasteiger partial charge in [0.1, 0.15) is 5.69 Å². The van der Waals surface area contributed by atoms with Crippen LogP contribution in [0, 0.1) is 0 Å². The van der Waals surface area contributed by atoms with Crippen molar-refractivity contribution in [3.05, 3.63) is 64.1 Å². The summed E-state index contributed by atoms with van der Waals surface area (Å²) in [4.78, 5) is 27.6. The molecule has 3 rings (SSSR count). The minimum atomic E-state index is -0.295. The van der Waals surface area contributed by atoms with Gasteiger partial charge in [0, 0.05) is 32.2 Å². The maximum atomic E-state index is 12.4. The fraction of sp³-hybridized carbons (Fsp3) is 0.421. The molecular formula is C19H24N4O2. The summed E-state index contributed by atoms with van der Waals surface area (Å²) >= 11 is 0. The molecule has 0 saturated carbocycles. The van der Waals surface area contributed by atoms with E-state index >= 15 is 0 Å². The number of benzene rings is 1. The number of aryl methyl sites for hydroxylation is 1. The van der Waals surface area contributed by atoms with Crippen molar-refractivity contribution in [2.45, 2.75) is 19.3 Å². The summed E-state index contributed by atoms with van der Waals surface area (Å²) in [6.07, 6.45) is 3.48. The summed E-state index contributed by atoms with van der Waals surface area (Å²) in [5.74, 6) is -0.111. The minimum Gasteiger partial charge on any atom is -0.335 e. The first-order valence-electron chi connectivity index (χ1n) is 8.84. The second kappa shape index (κ2) is 8.58. The second-order valence-corrected chi connectivity index (χ2v) is 6.38. The highest BCUT2D eigenvalue weighted by atomic mass is 16.2. The molecule has 1 saturated heterocycles. The van der Waals surface area contributed by atoms with Gasteiger partial charge in [-0.05, 0) is 37.4 Å². The summed E-state index contributed by atoms with van der Waals surface area (Å²) in [5.41, 5.74) is 1.40. The summed E-state index contributed by atoms with van der Waals surface area (Å²) in [6, 6.07) is 13.4. The fourth-order valence-electron chi connectivity index (χ4n) is 3.11. The standard InChI is InChI=1S/C19H24N4O2/c24-18-10-9-17(20-21-18)19(25)23-14-12-22(13-15-23)11-5-4-8-16-6-2-1-3-7-16/h1-3,6-7,9-10H,4-5,8,11-15H2,(H,21,24). The molecule has 132 valence electrons. The highest BCUT2D eigenvalue weighted by Gasteiger charge is 2.22. The van der Waals surface area contributed by atoms with Gasteiger partial charge in [-0.25, -0.2) is 5.10 Å². The highest BCUT2D eigenvalue weighted by Crippen LogP contribution is 2.09. The van der Waals surface area contributed by atoms with Gasteiger partial charge in [0.2, 0.25) is 0 Å². The number of piperazine rings is 1. The molecule has 1 aromatic carbocycles. The van der Waals surface area contributed by atoms with Crippen LogP contribution in [-0.4, -0.2) is 58.6 Å². The molecule has 2 heterocycles. The van der Waals surface area contributed by atoms with Crippen molar-refractivity contribution < 1.29 is 4.79 Å². The lowest BCUT2D eigenvalue weighted by atomic mass is 10.1. The Labute approximate surface area is 147 Å². The lowest BCUT2D eigenvalue weighted by Crippen LogP contribution is -2.49. The predicted octanol–water partition coefficient (Wildman–Crippen LogP) is 1.55. The summed E-state index contributed by atoms with van der Waals surface area (Å²) in [7, 11) is 0. The highest BCUT2D eigenvalue weighted by molar-refractivity contribution is 5.92. The Hall–Kier alpha value is -2.47. The molecule has 2 aromatic rings. The molecule has 6 nitrogen and oxygen atoms in total. The first-order chi connectivity index (χ1) is 12.2. The van der Waals surface area contributed by atoms with E-state index in [0.29, 0.717) is 18.8 Å². The van der Waals surface area contributed by atoms with Crippen LogP contribution in [-0.2, 0) is 6.42 Å². The van der Waals surface area contributed by atoms with Gasteiger partial charge < -0.3 is 4.90 Å². The topological polar surface area (TPSA) is 69.3 Å². The van der Waals surface area contributed by atoms with Crippen LogP contribution in [0.1, 0.15) is 28.9 Å². The summed E-state index contributed by atoms with van der Waals surface area (Å²) < 4.78 is 0. The van der Waals surface area contributed by atoms with Crippen LogP contribution in [0.4, 0.5) is 0 Å². The van der Waals surface area contributed by atoms with Crippen molar-refractivity contribution in [2.24, 2.45) is 0 Å². The van der Waals surface area contributed by atoms with Gasteiger partial charge in [-0.3, -0.25) is 14.5 Å². The fourth-order valence-corrected chi connectivity index (χ4v) is 3.11. The Morgan fingerprint density at radius 3 is 2.44 bits per heavy atom. The zero-order chi connectivity index (χ0) is 17.5. The number of carbonyl (C=O) groups is 1. The molecule has 1 N–H and O–H groups in total.